The van der Waals surface area contributed by atoms with Crippen molar-refractivity contribution in [3.05, 3.63) is 41.7 Å². The van der Waals surface area contributed by atoms with Gasteiger partial charge in [-0.15, -0.1) is 12.4 Å². The number of nitrogens with zero attached hydrogens (tertiary/aromatic N) is 2. The van der Waals surface area contributed by atoms with Crippen LogP contribution in [0.4, 0.5) is 0 Å². The molecule has 2 aliphatic heterocycles. The molecule has 0 radical (unpaired) electrons. The van der Waals surface area contributed by atoms with Gasteiger partial charge in [0.05, 0.1) is 0 Å². The lowest BCUT2D eigenvalue weighted by atomic mass is 10.0. The number of likely N-dealkylation sites (tertiary alicyclic amines) is 1. The Morgan fingerprint density at radius 3 is 2.52 bits per heavy atom. The van der Waals surface area contributed by atoms with Gasteiger partial charge in [-0.2, -0.15) is 0 Å². The molecule has 1 amide bonds. The van der Waals surface area contributed by atoms with Crippen LogP contribution in [0.1, 0.15) is 16.1 Å². The average molecular weight is 334 g/mol. The predicted molar refractivity (Wildman–Crippen MR) is 89.7 cm³/mol. The molecule has 4 rings (SSSR count). The number of hydrogen-bond donors (Lipinski definition) is 1. The second kappa shape index (κ2) is 6.34. The topological polar surface area (TPSA) is 58.4 Å². The molecular formula is C17H20ClN3O2. The molecule has 2 aromatic rings. The quantitative estimate of drug-likeness (QED) is 0.916. The first-order valence-electron chi connectivity index (χ1n) is 7.75. The van der Waals surface area contributed by atoms with Crippen molar-refractivity contribution >= 4 is 18.3 Å². The Bertz CT molecular complexity index is 689. The number of benzene rings is 1. The lowest BCUT2D eigenvalue weighted by Gasteiger charge is -2.17. The highest BCUT2D eigenvalue weighted by molar-refractivity contribution is 6.01. The number of fused-ring (bicyclic) bond motifs is 1. The van der Waals surface area contributed by atoms with Gasteiger partial charge in [0.25, 0.3) is 5.91 Å². The van der Waals surface area contributed by atoms with Crippen molar-refractivity contribution in [3.63, 3.8) is 0 Å². The van der Waals surface area contributed by atoms with Crippen LogP contribution in [0, 0.1) is 18.8 Å². The lowest BCUT2D eigenvalue weighted by Crippen LogP contribution is -2.32. The van der Waals surface area contributed by atoms with Gasteiger partial charge < -0.3 is 14.7 Å². The SMILES string of the molecule is Cc1onc(-c2ccccc2)c1C(=O)N1C[C@H]2CNC[C@H]2C1.Cl. The van der Waals surface area contributed by atoms with E-state index in [1.807, 2.05) is 42.2 Å². The van der Waals surface area contributed by atoms with E-state index >= 15 is 0 Å². The van der Waals surface area contributed by atoms with Crippen LogP contribution in [-0.4, -0.2) is 42.1 Å². The highest BCUT2D eigenvalue weighted by Gasteiger charge is 2.39. The van der Waals surface area contributed by atoms with Gasteiger partial charge in [-0.1, -0.05) is 35.5 Å². The third kappa shape index (κ3) is 2.75. The smallest absolute Gasteiger partial charge is 0.259 e. The Morgan fingerprint density at radius 2 is 1.87 bits per heavy atom. The number of aryl methyl sites for hydroxylation is 1. The van der Waals surface area contributed by atoms with E-state index < -0.39 is 0 Å². The fourth-order valence-corrected chi connectivity index (χ4v) is 3.60. The van der Waals surface area contributed by atoms with Gasteiger partial charge in [-0.05, 0) is 18.8 Å². The minimum Gasteiger partial charge on any atom is -0.360 e. The number of carbonyl (C=O) groups is 1. The summed E-state index contributed by atoms with van der Waals surface area (Å²) < 4.78 is 5.31. The van der Waals surface area contributed by atoms with Crippen LogP contribution in [0.5, 0.6) is 0 Å². The molecule has 0 spiro atoms. The van der Waals surface area contributed by atoms with Crippen molar-refractivity contribution < 1.29 is 9.32 Å². The molecule has 2 atom stereocenters. The molecule has 3 heterocycles. The maximum absolute atomic E-state index is 13.0. The van der Waals surface area contributed by atoms with Crippen molar-refractivity contribution in [2.75, 3.05) is 26.2 Å². The first-order valence-corrected chi connectivity index (χ1v) is 7.75. The molecular weight excluding hydrogens is 314 g/mol. The third-order valence-electron chi connectivity index (χ3n) is 4.80. The van der Waals surface area contributed by atoms with Gasteiger partial charge in [-0.3, -0.25) is 4.79 Å². The summed E-state index contributed by atoms with van der Waals surface area (Å²) in [6.07, 6.45) is 0. The molecule has 0 aliphatic carbocycles. The number of nitrogens with one attached hydrogen (secondary N) is 1. The van der Waals surface area contributed by atoms with Gasteiger partial charge >= 0.3 is 0 Å². The van der Waals surface area contributed by atoms with E-state index in [0.717, 1.165) is 31.7 Å². The van der Waals surface area contributed by atoms with Crippen LogP contribution >= 0.6 is 12.4 Å². The Morgan fingerprint density at radius 1 is 1.22 bits per heavy atom. The van der Waals surface area contributed by atoms with Crippen molar-refractivity contribution in [1.29, 1.82) is 0 Å². The minimum absolute atomic E-state index is 0. The molecule has 1 aromatic carbocycles. The first kappa shape index (κ1) is 16.0. The fraction of sp³-hybridized carbons (Fsp3) is 0.412. The summed E-state index contributed by atoms with van der Waals surface area (Å²) in [4.78, 5) is 14.9. The van der Waals surface area contributed by atoms with Crippen molar-refractivity contribution in [2.24, 2.45) is 11.8 Å². The normalized spacial score (nSPS) is 22.7. The largest absolute Gasteiger partial charge is 0.360 e. The number of hydrogen-bond acceptors (Lipinski definition) is 4. The first-order chi connectivity index (χ1) is 10.7. The van der Waals surface area contributed by atoms with Gasteiger partial charge in [-0.25, -0.2) is 0 Å². The highest BCUT2D eigenvalue weighted by atomic mass is 35.5. The molecule has 122 valence electrons. The molecule has 0 unspecified atom stereocenters. The standard InChI is InChI=1S/C17H19N3O2.ClH/c1-11-15(16(19-22-11)12-5-3-2-4-6-12)17(21)20-9-13-7-18-8-14(13)10-20;/h2-6,13-14,18H,7-10H2,1H3;1H/t13-,14+;. The predicted octanol–water partition coefficient (Wildman–Crippen LogP) is 2.36. The van der Waals surface area contributed by atoms with Crippen molar-refractivity contribution in [1.82, 2.24) is 15.4 Å². The third-order valence-corrected chi connectivity index (χ3v) is 4.80. The number of rotatable bonds is 2. The second-order valence-corrected chi connectivity index (χ2v) is 6.22. The molecule has 2 fully saturated rings. The summed E-state index contributed by atoms with van der Waals surface area (Å²) in [5.74, 6) is 1.82. The van der Waals surface area contributed by atoms with E-state index in [0.29, 0.717) is 28.9 Å². The summed E-state index contributed by atoms with van der Waals surface area (Å²) >= 11 is 0. The summed E-state index contributed by atoms with van der Waals surface area (Å²) in [5, 5.41) is 7.51. The molecule has 1 N–H and O–H groups in total. The van der Waals surface area contributed by atoms with Crippen LogP contribution < -0.4 is 5.32 Å². The Kier molecular flexibility index (Phi) is 4.41. The minimum atomic E-state index is 0. The molecule has 6 heteroatoms. The van der Waals surface area contributed by atoms with Crippen LogP contribution in [0.3, 0.4) is 0 Å². The maximum Gasteiger partial charge on any atom is 0.259 e. The van der Waals surface area contributed by atoms with Crippen molar-refractivity contribution in [2.45, 2.75) is 6.92 Å². The Labute approximate surface area is 141 Å². The van der Waals surface area contributed by atoms with E-state index in [9.17, 15) is 4.79 Å². The monoisotopic (exact) mass is 333 g/mol. The van der Waals surface area contributed by atoms with Crippen LogP contribution in [0.25, 0.3) is 11.3 Å². The summed E-state index contributed by atoms with van der Waals surface area (Å²) in [7, 11) is 0. The zero-order chi connectivity index (χ0) is 15.1. The summed E-state index contributed by atoms with van der Waals surface area (Å²) in [6.45, 7) is 5.50. The molecule has 5 nitrogen and oxygen atoms in total. The molecule has 1 aromatic heterocycles. The van der Waals surface area contributed by atoms with Crippen molar-refractivity contribution in [3.8, 4) is 11.3 Å². The van der Waals surface area contributed by atoms with Gasteiger partial charge in [0.1, 0.15) is 17.0 Å². The summed E-state index contributed by atoms with van der Waals surface area (Å²) in [5.41, 5.74) is 2.18. The van der Waals surface area contributed by atoms with E-state index in [4.69, 9.17) is 4.52 Å². The van der Waals surface area contributed by atoms with E-state index in [1.54, 1.807) is 0 Å². The summed E-state index contributed by atoms with van der Waals surface area (Å²) in [6, 6.07) is 9.75. The van der Waals surface area contributed by atoms with E-state index in [2.05, 4.69) is 10.5 Å². The number of aromatic nitrogens is 1. The fourth-order valence-electron chi connectivity index (χ4n) is 3.60. The zero-order valence-corrected chi connectivity index (χ0v) is 13.8. The average Bonchev–Trinajstić information content (AvgIpc) is 3.21. The van der Waals surface area contributed by atoms with Gasteiger partial charge in [0.15, 0.2) is 0 Å². The Hall–Kier alpha value is -1.85. The molecule has 2 aliphatic rings. The number of carbonyl (C=O) groups excluding carboxylic acids is 1. The van der Waals surface area contributed by atoms with Crippen LogP contribution in [0.2, 0.25) is 0 Å². The van der Waals surface area contributed by atoms with E-state index in [-0.39, 0.29) is 18.3 Å². The van der Waals surface area contributed by atoms with Crippen LogP contribution in [0.15, 0.2) is 34.9 Å². The van der Waals surface area contributed by atoms with Gasteiger partial charge in [0, 0.05) is 31.7 Å². The zero-order valence-electron chi connectivity index (χ0n) is 13.0. The maximum atomic E-state index is 13.0. The van der Waals surface area contributed by atoms with Crippen LogP contribution in [-0.2, 0) is 0 Å². The lowest BCUT2D eigenvalue weighted by molar-refractivity contribution is 0.0780. The molecule has 23 heavy (non-hydrogen) atoms. The molecule has 2 saturated heterocycles. The number of halogens is 1. The second-order valence-electron chi connectivity index (χ2n) is 6.22. The molecule has 0 bridgehead atoms. The van der Waals surface area contributed by atoms with Gasteiger partial charge in [0.2, 0.25) is 0 Å². The number of amides is 1. The Balaban J connectivity index is 0.00000156. The highest BCUT2D eigenvalue weighted by Crippen LogP contribution is 2.31. The van der Waals surface area contributed by atoms with E-state index in [1.165, 1.54) is 0 Å². The molecule has 0 saturated carbocycles.